The molecule has 0 amide bonds. The Morgan fingerprint density at radius 3 is 2.57 bits per heavy atom. The van der Waals surface area contributed by atoms with Gasteiger partial charge in [-0.25, -0.2) is 0 Å². The Bertz CT molecular complexity index is 189. The molecule has 82 valence electrons. The van der Waals surface area contributed by atoms with Gasteiger partial charge in [-0.3, -0.25) is 0 Å². The average Bonchev–Trinajstić information content (AvgIpc) is 2.71. The molecular formula is C12H23NO. The van der Waals surface area contributed by atoms with Crippen LogP contribution in [0.2, 0.25) is 0 Å². The fourth-order valence-corrected chi connectivity index (χ4v) is 3.26. The van der Waals surface area contributed by atoms with Crippen LogP contribution in [0.1, 0.15) is 45.4 Å². The van der Waals surface area contributed by atoms with Gasteiger partial charge in [0.2, 0.25) is 0 Å². The summed E-state index contributed by atoms with van der Waals surface area (Å²) in [6.07, 6.45) is 8.24. The first-order valence-electron chi connectivity index (χ1n) is 6.09. The molecule has 0 aromatic heterocycles. The molecule has 2 heteroatoms. The lowest BCUT2D eigenvalue weighted by molar-refractivity contribution is 0.0980. The topological polar surface area (TPSA) is 32.3 Å². The lowest BCUT2D eigenvalue weighted by Crippen LogP contribution is -2.52. The zero-order valence-electron chi connectivity index (χ0n) is 9.26. The van der Waals surface area contributed by atoms with Crippen molar-refractivity contribution < 1.29 is 5.11 Å². The zero-order chi connectivity index (χ0) is 10.0. The molecule has 0 bridgehead atoms. The molecule has 0 spiro atoms. The quantitative estimate of drug-likeness (QED) is 0.709. The zero-order valence-corrected chi connectivity index (χ0v) is 9.26. The van der Waals surface area contributed by atoms with Crippen molar-refractivity contribution in [1.82, 2.24) is 5.32 Å². The Labute approximate surface area is 87.1 Å². The number of hydrogen-bond acceptors (Lipinski definition) is 2. The molecule has 0 radical (unpaired) electrons. The average molecular weight is 197 g/mol. The van der Waals surface area contributed by atoms with Gasteiger partial charge in [0.05, 0.1) is 6.61 Å². The van der Waals surface area contributed by atoms with E-state index in [0.717, 1.165) is 18.4 Å². The Morgan fingerprint density at radius 2 is 1.93 bits per heavy atom. The molecule has 1 saturated heterocycles. The van der Waals surface area contributed by atoms with Crippen LogP contribution in [0.15, 0.2) is 0 Å². The molecular weight excluding hydrogens is 174 g/mol. The lowest BCUT2D eigenvalue weighted by Gasteiger charge is -2.40. The van der Waals surface area contributed by atoms with Gasteiger partial charge in [0.25, 0.3) is 0 Å². The van der Waals surface area contributed by atoms with Crippen molar-refractivity contribution in [3.63, 3.8) is 0 Å². The molecule has 14 heavy (non-hydrogen) atoms. The fourth-order valence-electron chi connectivity index (χ4n) is 3.26. The van der Waals surface area contributed by atoms with E-state index in [1.807, 2.05) is 0 Å². The standard InChI is InChI=1S/C12H23NO/c1-12(9-14)8-11(6-7-13-12)10-4-2-3-5-10/h10-11,13-14H,2-9H2,1H3. The highest BCUT2D eigenvalue weighted by Crippen LogP contribution is 2.38. The van der Waals surface area contributed by atoms with E-state index in [-0.39, 0.29) is 12.1 Å². The highest BCUT2D eigenvalue weighted by atomic mass is 16.3. The molecule has 2 unspecified atom stereocenters. The van der Waals surface area contributed by atoms with Crippen LogP contribution in [0.5, 0.6) is 0 Å². The Balaban J connectivity index is 1.93. The second kappa shape index (κ2) is 4.19. The maximum atomic E-state index is 9.35. The summed E-state index contributed by atoms with van der Waals surface area (Å²) in [5.41, 5.74) is 0.00546. The van der Waals surface area contributed by atoms with Crippen LogP contribution in [0.4, 0.5) is 0 Å². The summed E-state index contributed by atoms with van der Waals surface area (Å²) in [5.74, 6) is 1.83. The van der Waals surface area contributed by atoms with E-state index < -0.39 is 0 Å². The van der Waals surface area contributed by atoms with Crippen molar-refractivity contribution in [2.45, 2.75) is 51.0 Å². The predicted molar refractivity (Wildman–Crippen MR) is 58.2 cm³/mol. The molecule has 0 aromatic rings. The summed E-state index contributed by atoms with van der Waals surface area (Å²) >= 11 is 0. The SMILES string of the molecule is CC1(CO)CC(C2CCCC2)CCN1. The van der Waals surface area contributed by atoms with Gasteiger partial charge < -0.3 is 10.4 Å². The fraction of sp³-hybridized carbons (Fsp3) is 1.00. The van der Waals surface area contributed by atoms with E-state index in [1.54, 1.807) is 0 Å². The third-order valence-corrected chi connectivity index (χ3v) is 4.20. The van der Waals surface area contributed by atoms with Gasteiger partial charge in [0, 0.05) is 5.54 Å². The van der Waals surface area contributed by atoms with Crippen molar-refractivity contribution >= 4 is 0 Å². The summed E-state index contributed by atoms with van der Waals surface area (Å²) in [6.45, 7) is 3.54. The second-order valence-corrected chi connectivity index (χ2v) is 5.44. The normalized spacial score (nSPS) is 40.3. The smallest absolute Gasteiger partial charge is 0.0610 e. The van der Waals surface area contributed by atoms with Crippen LogP contribution in [0, 0.1) is 11.8 Å². The number of nitrogens with one attached hydrogen (secondary N) is 1. The van der Waals surface area contributed by atoms with E-state index in [0.29, 0.717) is 0 Å². The summed E-state index contributed by atoms with van der Waals surface area (Å²) in [6, 6.07) is 0. The number of aliphatic hydroxyl groups excluding tert-OH is 1. The van der Waals surface area contributed by atoms with Crippen molar-refractivity contribution in [3.05, 3.63) is 0 Å². The Morgan fingerprint density at radius 1 is 1.21 bits per heavy atom. The molecule has 1 heterocycles. The third-order valence-electron chi connectivity index (χ3n) is 4.20. The van der Waals surface area contributed by atoms with E-state index in [4.69, 9.17) is 0 Å². The highest BCUT2D eigenvalue weighted by molar-refractivity contribution is 4.92. The van der Waals surface area contributed by atoms with E-state index in [2.05, 4.69) is 12.2 Å². The minimum Gasteiger partial charge on any atom is -0.394 e. The van der Waals surface area contributed by atoms with Gasteiger partial charge in [-0.2, -0.15) is 0 Å². The lowest BCUT2D eigenvalue weighted by atomic mass is 9.76. The van der Waals surface area contributed by atoms with Crippen molar-refractivity contribution in [1.29, 1.82) is 0 Å². The van der Waals surface area contributed by atoms with Crippen LogP contribution in [0.25, 0.3) is 0 Å². The van der Waals surface area contributed by atoms with Gasteiger partial charge in [-0.05, 0) is 38.1 Å². The minimum atomic E-state index is 0.00546. The van der Waals surface area contributed by atoms with E-state index in [9.17, 15) is 5.11 Å². The van der Waals surface area contributed by atoms with Gasteiger partial charge in [0.1, 0.15) is 0 Å². The number of piperidine rings is 1. The second-order valence-electron chi connectivity index (χ2n) is 5.44. The Hall–Kier alpha value is -0.0800. The predicted octanol–water partition coefficient (Wildman–Crippen LogP) is 1.93. The number of rotatable bonds is 2. The van der Waals surface area contributed by atoms with Gasteiger partial charge >= 0.3 is 0 Å². The van der Waals surface area contributed by atoms with Crippen LogP contribution >= 0.6 is 0 Å². The highest BCUT2D eigenvalue weighted by Gasteiger charge is 2.35. The van der Waals surface area contributed by atoms with Crippen LogP contribution in [0.3, 0.4) is 0 Å². The van der Waals surface area contributed by atoms with Gasteiger partial charge in [-0.15, -0.1) is 0 Å². The van der Waals surface area contributed by atoms with E-state index in [1.165, 1.54) is 38.5 Å². The van der Waals surface area contributed by atoms with Crippen LogP contribution in [-0.4, -0.2) is 23.8 Å². The van der Waals surface area contributed by atoms with Crippen molar-refractivity contribution in [2.24, 2.45) is 11.8 Å². The first kappa shape index (κ1) is 10.4. The molecule has 1 aliphatic heterocycles. The van der Waals surface area contributed by atoms with Gasteiger partial charge in [0.15, 0.2) is 0 Å². The van der Waals surface area contributed by atoms with Crippen LogP contribution < -0.4 is 5.32 Å². The molecule has 1 saturated carbocycles. The molecule has 0 aromatic carbocycles. The summed E-state index contributed by atoms with van der Waals surface area (Å²) in [4.78, 5) is 0. The summed E-state index contributed by atoms with van der Waals surface area (Å²) in [7, 11) is 0. The first-order valence-corrected chi connectivity index (χ1v) is 6.09. The molecule has 2 aliphatic rings. The molecule has 2 fully saturated rings. The minimum absolute atomic E-state index is 0.00546. The monoisotopic (exact) mass is 197 g/mol. The Kier molecular flexibility index (Phi) is 3.13. The molecule has 2 nitrogen and oxygen atoms in total. The van der Waals surface area contributed by atoms with E-state index >= 15 is 0 Å². The number of aliphatic hydroxyl groups is 1. The van der Waals surface area contributed by atoms with Crippen molar-refractivity contribution in [2.75, 3.05) is 13.2 Å². The number of hydrogen-bond donors (Lipinski definition) is 2. The van der Waals surface area contributed by atoms with Gasteiger partial charge in [-0.1, -0.05) is 25.7 Å². The molecule has 1 aliphatic carbocycles. The largest absolute Gasteiger partial charge is 0.394 e. The first-order chi connectivity index (χ1) is 6.73. The van der Waals surface area contributed by atoms with Crippen molar-refractivity contribution in [3.8, 4) is 0 Å². The third kappa shape index (κ3) is 2.12. The molecule has 2 atom stereocenters. The summed E-state index contributed by atoms with van der Waals surface area (Å²) < 4.78 is 0. The summed E-state index contributed by atoms with van der Waals surface area (Å²) in [5, 5.41) is 12.8. The van der Waals surface area contributed by atoms with Crippen LogP contribution in [-0.2, 0) is 0 Å². The molecule has 2 N–H and O–H groups in total. The molecule has 2 rings (SSSR count). The maximum Gasteiger partial charge on any atom is 0.0610 e. The maximum absolute atomic E-state index is 9.35.